The van der Waals surface area contributed by atoms with Gasteiger partial charge in [-0.1, -0.05) is 49.6 Å². The van der Waals surface area contributed by atoms with E-state index in [1.807, 2.05) is 19.1 Å². The van der Waals surface area contributed by atoms with E-state index >= 15 is 0 Å². The van der Waals surface area contributed by atoms with Crippen LogP contribution in [-0.2, 0) is 19.1 Å². The van der Waals surface area contributed by atoms with E-state index in [0.29, 0.717) is 22.8 Å². The Labute approximate surface area is 176 Å². The second kappa shape index (κ2) is 7.96. The molecule has 3 rings (SSSR count). The SMILES string of the molecule is CC[C@H](C)/C=C(C)\C=C\C1=CC2=C(Cl)[C@H](O)[C@]3(C)OC(=O)[C@H](C(C)=O)[C@H]3C2=CO1. The number of carbonyl (C=O) groups is 2. The largest absolute Gasteiger partial charge is 0.465 e. The van der Waals surface area contributed by atoms with Crippen molar-refractivity contribution in [3.63, 3.8) is 0 Å². The van der Waals surface area contributed by atoms with Crippen molar-refractivity contribution < 1.29 is 24.2 Å². The highest BCUT2D eigenvalue weighted by molar-refractivity contribution is 6.31. The van der Waals surface area contributed by atoms with Crippen molar-refractivity contribution in [3.8, 4) is 0 Å². The van der Waals surface area contributed by atoms with Crippen molar-refractivity contribution in [2.24, 2.45) is 17.8 Å². The molecule has 1 N–H and O–H groups in total. The minimum Gasteiger partial charge on any atom is -0.465 e. The second-order valence-electron chi connectivity index (χ2n) is 8.20. The zero-order valence-corrected chi connectivity index (χ0v) is 18.1. The molecule has 1 saturated heterocycles. The maximum Gasteiger partial charge on any atom is 0.317 e. The van der Waals surface area contributed by atoms with Crippen molar-refractivity contribution in [2.45, 2.75) is 52.7 Å². The van der Waals surface area contributed by atoms with Gasteiger partial charge in [0.1, 0.15) is 29.2 Å². The molecule has 29 heavy (non-hydrogen) atoms. The Hall–Kier alpha value is -2.11. The summed E-state index contributed by atoms with van der Waals surface area (Å²) < 4.78 is 11.2. The van der Waals surface area contributed by atoms with E-state index in [1.165, 1.54) is 13.2 Å². The van der Waals surface area contributed by atoms with Crippen LogP contribution in [0.1, 0.15) is 41.0 Å². The maximum atomic E-state index is 12.4. The first-order valence-corrected chi connectivity index (χ1v) is 10.2. The molecule has 0 spiro atoms. The molecule has 0 saturated carbocycles. The second-order valence-corrected chi connectivity index (χ2v) is 8.61. The third-order valence-electron chi connectivity index (χ3n) is 5.96. The summed E-state index contributed by atoms with van der Waals surface area (Å²) in [6.45, 7) is 9.27. The first-order chi connectivity index (χ1) is 13.6. The van der Waals surface area contributed by atoms with E-state index in [4.69, 9.17) is 21.1 Å². The summed E-state index contributed by atoms with van der Waals surface area (Å²) in [5, 5.41) is 11.0. The van der Waals surface area contributed by atoms with Gasteiger partial charge < -0.3 is 14.6 Å². The minimum atomic E-state index is -1.31. The quantitative estimate of drug-likeness (QED) is 0.408. The van der Waals surface area contributed by atoms with Gasteiger partial charge in [0.25, 0.3) is 0 Å². The summed E-state index contributed by atoms with van der Waals surface area (Å²) in [5.74, 6) is -1.56. The molecule has 2 heterocycles. The Morgan fingerprint density at radius 2 is 2.10 bits per heavy atom. The molecule has 0 radical (unpaired) electrons. The molecule has 0 aromatic carbocycles. The summed E-state index contributed by atoms with van der Waals surface area (Å²) in [5.41, 5.74) is 0.972. The standard InChI is InChI=1S/C23H27ClO5/c1-6-12(2)9-13(3)7-8-15-10-16-17(11-28-15)19-18(14(4)25)22(27)29-23(19,5)21(26)20(16)24/h7-12,18-19,21,26H,6H2,1-5H3/b8-7+,13-9-/t12-,18+,19+,21-,23+/m0/s1. The Morgan fingerprint density at radius 1 is 1.41 bits per heavy atom. The fraction of sp³-hybridized carbons (Fsp3) is 0.478. The number of allylic oxidation sites excluding steroid dienone is 6. The van der Waals surface area contributed by atoms with Crippen molar-refractivity contribution >= 4 is 23.4 Å². The van der Waals surface area contributed by atoms with Gasteiger partial charge in [0, 0.05) is 11.1 Å². The summed E-state index contributed by atoms with van der Waals surface area (Å²) in [4.78, 5) is 24.5. The summed E-state index contributed by atoms with van der Waals surface area (Å²) in [7, 11) is 0. The predicted octanol–water partition coefficient (Wildman–Crippen LogP) is 4.34. The van der Waals surface area contributed by atoms with Crippen LogP contribution in [0.3, 0.4) is 0 Å². The Bertz CT molecular complexity index is 891. The number of ketones is 1. The molecule has 5 atom stereocenters. The van der Waals surface area contributed by atoms with Crippen LogP contribution in [0.4, 0.5) is 0 Å². The number of carbonyl (C=O) groups excluding carboxylic acids is 2. The zero-order valence-electron chi connectivity index (χ0n) is 17.4. The maximum absolute atomic E-state index is 12.4. The Morgan fingerprint density at radius 3 is 2.72 bits per heavy atom. The average molecular weight is 419 g/mol. The highest BCUT2D eigenvalue weighted by Gasteiger charge is 2.63. The fourth-order valence-corrected chi connectivity index (χ4v) is 4.53. The third kappa shape index (κ3) is 3.74. The summed E-state index contributed by atoms with van der Waals surface area (Å²) in [6, 6.07) is 0. The number of rotatable bonds is 5. The topological polar surface area (TPSA) is 72.8 Å². The van der Waals surface area contributed by atoms with Gasteiger partial charge in [-0.25, -0.2) is 0 Å². The number of halogens is 1. The molecule has 0 aromatic rings. The van der Waals surface area contributed by atoms with E-state index in [0.717, 1.165) is 12.0 Å². The first kappa shape index (κ1) is 21.6. The van der Waals surface area contributed by atoms with Crippen LogP contribution in [0.2, 0.25) is 0 Å². The molecule has 3 aliphatic rings. The lowest BCUT2D eigenvalue weighted by atomic mass is 9.67. The van der Waals surface area contributed by atoms with Gasteiger partial charge in [0.15, 0.2) is 0 Å². The minimum absolute atomic E-state index is 0.174. The van der Waals surface area contributed by atoms with Crippen LogP contribution in [0, 0.1) is 17.8 Å². The number of Topliss-reactive ketones (excluding diaryl/α,β-unsaturated/α-hetero) is 1. The predicted molar refractivity (Wildman–Crippen MR) is 111 cm³/mol. The molecule has 0 bridgehead atoms. The van der Waals surface area contributed by atoms with Crippen LogP contribution >= 0.6 is 11.6 Å². The zero-order chi connectivity index (χ0) is 21.5. The Balaban J connectivity index is 1.97. The van der Waals surface area contributed by atoms with Crippen LogP contribution in [0.25, 0.3) is 0 Å². The van der Waals surface area contributed by atoms with Crippen LogP contribution < -0.4 is 0 Å². The molecule has 156 valence electrons. The third-order valence-corrected chi connectivity index (χ3v) is 6.37. The van der Waals surface area contributed by atoms with Crippen molar-refractivity contribution in [1.82, 2.24) is 0 Å². The van der Waals surface area contributed by atoms with Gasteiger partial charge in [0.05, 0.1) is 17.2 Å². The molecule has 1 aliphatic carbocycles. The smallest absolute Gasteiger partial charge is 0.317 e. The van der Waals surface area contributed by atoms with E-state index in [2.05, 4.69) is 19.9 Å². The lowest BCUT2D eigenvalue weighted by Crippen LogP contribution is -2.50. The van der Waals surface area contributed by atoms with Crippen LogP contribution in [0.15, 0.2) is 58.1 Å². The Kier molecular flexibility index (Phi) is 5.93. The fourth-order valence-electron chi connectivity index (χ4n) is 4.15. The van der Waals surface area contributed by atoms with Crippen LogP contribution in [-0.4, -0.2) is 28.6 Å². The summed E-state index contributed by atoms with van der Waals surface area (Å²) >= 11 is 6.46. The normalized spacial score (nSPS) is 32.9. The molecule has 6 heteroatoms. The molecule has 0 amide bonds. The number of hydrogen-bond donors (Lipinski definition) is 1. The monoisotopic (exact) mass is 418 g/mol. The van der Waals surface area contributed by atoms with E-state index in [9.17, 15) is 14.7 Å². The molecule has 1 fully saturated rings. The van der Waals surface area contributed by atoms with Crippen molar-refractivity contribution in [1.29, 1.82) is 0 Å². The van der Waals surface area contributed by atoms with Crippen LogP contribution in [0.5, 0.6) is 0 Å². The van der Waals surface area contributed by atoms with Gasteiger partial charge in [0.2, 0.25) is 0 Å². The first-order valence-electron chi connectivity index (χ1n) is 9.86. The highest BCUT2D eigenvalue weighted by atomic mass is 35.5. The highest BCUT2D eigenvalue weighted by Crippen LogP contribution is 2.53. The molecule has 0 aromatic heterocycles. The molecular formula is C23H27ClO5. The van der Waals surface area contributed by atoms with E-state index < -0.39 is 29.5 Å². The number of fused-ring (bicyclic) bond motifs is 3. The average Bonchev–Trinajstić information content (AvgIpc) is 2.96. The van der Waals surface area contributed by atoms with Gasteiger partial charge in [-0.05, 0) is 38.8 Å². The lowest BCUT2D eigenvalue weighted by molar-refractivity contribution is -0.157. The molecular weight excluding hydrogens is 392 g/mol. The number of aliphatic hydroxyl groups excluding tert-OH is 1. The van der Waals surface area contributed by atoms with Crippen molar-refractivity contribution in [3.05, 3.63) is 58.1 Å². The molecule has 0 unspecified atom stereocenters. The van der Waals surface area contributed by atoms with Gasteiger partial charge >= 0.3 is 5.97 Å². The number of aliphatic hydroxyl groups is 1. The van der Waals surface area contributed by atoms with Gasteiger partial charge in [-0.2, -0.15) is 0 Å². The number of hydrogen-bond acceptors (Lipinski definition) is 5. The number of esters is 1. The summed E-state index contributed by atoms with van der Waals surface area (Å²) in [6.07, 6.45) is 9.05. The van der Waals surface area contributed by atoms with E-state index in [-0.39, 0.29) is 10.8 Å². The molecule has 2 aliphatic heterocycles. The van der Waals surface area contributed by atoms with E-state index in [1.54, 1.807) is 13.0 Å². The lowest BCUT2D eigenvalue weighted by Gasteiger charge is -2.41. The van der Waals surface area contributed by atoms with Gasteiger partial charge in [-0.15, -0.1) is 0 Å². The van der Waals surface area contributed by atoms with Crippen molar-refractivity contribution in [2.75, 3.05) is 0 Å². The number of ether oxygens (including phenoxy) is 2. The van der Waals surface area contributed by atoms with Gasteiger partial charge in [-0.3, -0.25) is 9.59 Å². The molecule has 5 nitrogen and oxygen atoms in total.